The Morgan fingerprint density at radius 2 is 1.08 bits per heavy atom. The van der Waals surface area contributed by atoms with Gasteiger partial charge in [0.2, 0.25) is 23.6 Å². The summed E-state index contributed by atoms with van der Waals surface area (Å²) in [5.74, 6) is -8.91. The molecule has 500 valence electrons. The number of ether oxygens (including phenoxy) is 8. The molecule has 11 rings (SSSR count). The molecule has 4 bridgehead atoms. The van der Waals surface area contributed by atoms with Crippen LogP contribution in [-0.4, -0.2) is 168 Å². The Balaban J connectivity index is 0.000000232. The van der Waals surface area contributed by atoms with E-state index in [1.54, 1.807) is 92.6 Å². The molecule has 0 spiro atoms. The molecule has 4 aliphatic heterocycles. The fraction of sp³-hybridized carbons (Fsp3) is 0.656. The minimum absolute atomic E-state index is 0. The van der Waals surface area contributed by atoms with E-state index in [0.717, 1.165) is 12.8 Å². The maximum Gasteiger partial charge on any atom is 0.408 e. The van der Waals surface area contributed by atoms with Crippen LogP contribution in [0.5, 0.6) is 23.3 Å². The van der Waals surface area contributed by atoms with E-state index in [9.17, 15) is 28.8 Å². The van der Waals surface area contributed by atoms with Crippen molar-refractivity contribution in [2.45, 2.75) is 167 Å². The molecule has 3 aliphatic carbocycles. The average Bonchev–Trinajstić information content (AvgIpc) is 1.75. The number of halogens is 4. The van der Waals surface area contributed by atoms with E-state index in [4.69, 9.17) is 37.9 Å². The first-order valence-electron chi connectivity index (χ1n) is 30.8. The van der Waals surface area contributed by atoms with Crippen LogP contribution >= 0.6 is 0 Å². The number of benzene rings is 2. The Labute approximate surface area is 555 Å². The van der Waals surface area contributed by atoms with Gasteiger partial charge in [-0.2, -0.15) is 17.6 Å². The topological polar surface area (TPSA) is 258 Å². The molecule has 6 heterocycles. The van der Waals surface area contributed by atoms with Gasteiger partial charge in [-0.15, -0.1) is 0 Å². The van der Waals surface area contributed by atoms with Gasteiger partial charge in [0.25, 0.3) is 11.8 Å². The maximum atomic E-state index is 15.9. The molecule has 2 N–H and O–H groups in total. The van der Waals surface area contributed by atoms with Gasteiger partial charge >= 0.3 is 12.2 Å². The molecular weight excluding hydrogens is 1280 g/mol. The predicted molar refractivity (Wildman–Crippen MR) is 315 cm³/mol. The van der Waals surface area contributed by atoms with Crippen LogP contribution in [0.2, 0.25) is 0 Å². The van der Waals surface area contributed by atoms with Crippen LogP contribution in [0.15, 0.2) is 36.4 Å². The minimum Gasteiger partial charge on any atom is -0.540 e. The van der Waals surface area contributed by atoms with Crippen LogP contribution in [0.25, 0.3) is 22.1 Å². The Bertz CT molecular complexity index is 3270. The monoisotopic (exact) mass is 1360 g/mol. The number of rotatable bonds is 4. The number of alkyl halides is 4. The summed E-state index contributed by atoms with van der Waals surface area (Å²) in [6.07, 6.45) is 2.31. The van der Waals surface area contributed by atoms with Crippen molar-refractivity contribution in [2.24, 2.45) is 46.3 Å². The van der Waals surface area contributed by atoms with E-state index in [1.807, 2.05) is 12.6 Å². The summed E-state index contributed by atoms with van der Waals surface area (Å²) in [5, 5.41) is 5.51. The summed E-state index contributed by atoms with van der Waals surface area (Å²) in [6.45, 7) is 15.4. The molecule has 2 aromatic heterocycles. The number of aromatic nitrogens is 4. The second-order valence-electron chi connectivity index (χ2n) is 27.3. The summed E-state index contributed by atoms with van der Waals surface area (Å²) < 4.78 is 110. The van der Waals surface area contributed by atoms with Crippen molar-refractivity contribution in [3.05, 3.63) is 47.8 Å². The predicted octanol–water partition coefficient (Wildman–Crippen LogP) is 8.57. The zero-order valence-electron chi connectivity index (χ0n) is 53.5. The summed E-state index contributed by atoms with van der Waals surface area (Å²) in [5.41, 5.74) is -2.77. The fourth-order valence-corrected chi connectivity index (χ4v) is 13.4. The first kappa shape index (κ1) is 71.8. The van der Waals surface area contributed by atoms with Crippen molar-refractivity contribution in [1.82, 2.24) is 40.4 Å². The van der Waals surface area contributed by atoms with E-state index < -0.39 is 143 Å². The second kappa shape index (κ2) is 28.1. The molecule has 22 nitrogen and oxygen atoms in total. The minimum atomic E-state index is -3.50. The Hall–Kier alpha value is -6.05. The molecule has 5 fully saturated rings. The van der Waals surface area contributed by atoms with Crippen LogP contribution < -0.4 is 29.6 Å². The van der Waals surface area contributed by atoms with Gasteiger partial charge in [-0.25, -0.2) is 42.1 Å². The number of hydrogen-bond donors (Lipinski definition) is 2. The van der Waals surface area contributed by atoms with Crippen LogP contribution in [0.3, 0.4) is 0 Å². The van der Waals surface area contributed by atoms with Crippen molar-refractivity contribution in [1.29, 1.82) is 0 Å². The average molecular weight is 1360 g/mol. The van der Waals surface area contributed by atoms with Crippen molar-refractivity contribution in [3.63, 3.8) is 0 Å². The van der Waals surface area contributed by atoms with Crippen molar-refractivity contribution >= 4 is 58.6 Å². The normalized spacial score (nSPS) is 31.6. The quantitative estimate of drug-likeness (QED) is 0.143. The zero-order valence-corrected chi connectivity index (χ0v) is 56.3. The van der Waals surface area contributed by atoms with Crippen LogP contribution in [-0.2, 0) is 87.1 Å². The van der Waals surface area contributed by atoms with E-state index in [1.165, 1.54) is 30.1 Å². The summed E-state index contributed by atoms with van der Waals surface area (Å²) in [7, 11) is 2.95. The van der Waals surface area contributed by atoms with E-state index in [-0.39, 0.29) is 111 Å². The van der Waals surface area contributed by atoms with Crippen molar-refractivity contribution < 1.29 is 121 Å². The van der Waals surface area contributed by atoms with Gasteiger partial charge < -0.3 is 67.9 Å². The van der Waals surface area contributed by atoms with Crippen molar-refractivity contribution in [3.8, 4) is 23.3 Å². The van der Waals surface area contributed by atoms with Gasteiger partial charge in [0.1, 0.15) is 47.5 Å². The smallest absolute Gasteiger partial charge is 0.408 e. The first-order valence-corrected chi connectivity index (χ1v) is 30.8. The first-order chi connectivity index (χ1) is 42.5. The maximum absolute atomic E-state index is 15.9. The Morgan fingerprint density at radius 3 is 1.53 bits per heavy atom. The number of carbonyl (C=O) groups is 4. The van der Waals surface area contributed by atoms with Gasteiger partial charge in [-0.3, -0.25) is 9.59 Å². The SMILES string of the molecule is COc1ccc2nc3c(nc2c1)O[C@H]1CN(C(=O)[C@H](C(C)(C)C)NC(=O)O[C@@H]2CC4CC4[C@H]2COCCC3(F)F)[C@H]([C-]=O)[C@@H]1C.COc1ccc2nc3c(nc2c1)O[C@H]1CN(C(=O)[C@H](C(C)(C)C)NC(=O)O[C@]2(C)CCC[C@H]2COCCC3(F)F)[C@H]([C-]=O)[C@@H]1C.[V].[V]. The summed E-state index contributed by atoms with van der Waals surface area (Å²) in [6, 6.07) is 5.18. The number of alkyl carbamates (subject to hydrolysis) is 2. The van der Waals surface area contributed by atoms with Crippen LogP contribution in [0.4, 0.5) is 27.2 Å². The van der Waals surface area contributed by atoms with Crippen molar-refractivity contribution in [2.75, 3.05) is 53.7 Å². The number of nitrogens with one attached hydrogen (secondary N) is 2. The standard InChI is InChI=1S/C32H39F2N4O7.C32H41F2N4O7.2V/c1-16-23(14-39)38-13-25(16)44-28-26(35-21-7-6-18(42-5)12-22(21)36-28)32(33,34)8-9-43-15-20-19-10-17(19)11-24(20)45-30(41)37-27(29(38)40)31(2,3)4;1-18-23(16-39)38-15-24(18)44-27-25(35-21-10-9-20(42-6)14-22(21)36-27)32(33,34)12-13-43-17-19-8-7-11-31(19,5)45-29(41)37-26(28(38)40)30(2,3)4;;/h6-7,12,16-17,19-20,23-25,27H,8-11,13,15H2,1-5H3,(H,37,41);9-10,14,18-19,23-24,26H,7-8,11-13,15,17H2,1-6H3,(H,37,41);;/q2*-1;;/t16-,17?,19?,20+,23+,24+,25-,27+;18-,19-,23+,24-,26+,31+;;/m00../s1. The van der Waals surface area contributed by atoms with Gasteiger partial charge in [0.15, 0.2) is 11.4 Å². The molecule has 4 amide bonds. The third-order valence-corrected chi connectivity index (χ3v) is 19.0. The molecule has 2 unspecified atom stereocenters. The molecule has 28 heteroatoms. The Morgan fingerprint density at radius 1 is 0.609 bits per heavy atom. The molecule has 14 atom stereocenters. The van der Waals surface area contributed by atoms with E-state index >= 15 is 17.6 Å². The second-order valence-corrected chi connectivity index (χ2v) is 27.3. The van der Waals surface area contributed by atoms with Crippen LogP contribution in [0, 0.1) is 46.3 Å². The van der Waals surface area contributed by atoms with Gasteiger partial charge in [0.05, 0.1) is 75.8 Å². The third kappa shape index (κ3) is 15.0. The molecule has 2 saturated heterocycles. The summed E-state index contributed by atoms with van der Waals surface area (Å²) in [4.78, 5) is 99.0. The molecule has 3 saturated carbocycles. The van der Waals surface area contributed by atoms with E-state index in [0.29, 0.717) is 42.6 Å². The molecule has 4 aromatic rings. The zero-order chi connectivity index (χ0) is 65.0. The van der Waals surface area contributed by atoms with E-state index in [2.05, 4.69) is 30.6 Å². The number of fused-ring (bicyclic) bond motifs is 12. The Kier molecular flexibility index (Phi) is 21.9. The molecule has 2 radical (unpaired) electrons. The summed E-state index contributed by atoms with van der Waals surface area (Å²) >= 11 is 0. The number of nitrogens with zero attached hydrogens (tertiary/aromatic N) is 6. The molecule has 2 aromatic carbocycles. The van der Waals surface area contributed by atoms with Gasteiger partial charge in [-0.05, 0) is 97.8 Å². The molecular formula is C64H80F4N8O14V2-2. The van der Waals surface area contributed by atoms with Gasteiger partial charge in [0, 0.05) is 73.9 Å². The van der Waals surface area contributed by atoms with Crippen LogP contribution in [0.1, 0.15) is 119 Å². The third-order valence-electron chi connectivity index (χ3n) is 19.0. The fourth-order valence-electron chi connectivity index (χ4n) is 13.4. The molecule has 92 heavy (non-hydrogen) atoms. The number of amides is 4. The largest absolute Gasteiger partial charge is 0.540 e. The van der Waals surface area contributed by atoms with Gasteiger partial charge in [-0.1, -0.05) is 67.5 Å². The number of methoxy groups -OCH3 is 2. The number of carbonyl (C=O) groups excluding carboxylic acids is 6. The number of hydrogen-bond acceptors (Lipinski definition) is 18. The molecule has 7 aliphatic rings.